The monoisotopic (exact) mass is 414 g/mol. The molecule has 0 unspecified atom stereocenters. The molecule has 0 aromatic heterocycles. The minimum absolute atomic E-state index is 0.00713. The molecule has 2 aliphatic heterocycles. The van der Waals surface area contributed by atoms with Crippen molar-refractivity contribution in [3.05, 3.63) is 59.7 Å². The van der Waals surface area contributed by atoms with Crippen molar-refractivity contribution < 1.29 is 23.4 Å². The van der Waals surface area contributed by atoms with Crippen LogP contribution in [-0.2, 0) is 17.8 Å². The molecule has 4 rings (SSSR count). The van der Waals surface area contributed by atoms with Gasteiger partial charge in [0.2, 0.25) is 5.91 Å². The van der Waals surface area contributed by atoms with E-state index in [0.29, 0.717) is 43.7 Å². The van der Waals surface area contributed by atoms with Crippen LogP contribution in [0.3, 0.4) is 0 Å². The zero-order valence-corrected chi connectivity index (χ0v) is 16.8. The van der Waals surface area contributed by atoms with Crippen molar-refractivity contribution in [2.75, 3.05) is 26.2 Å². The van der Waals surface area contributed by atoms with Gasteiger partial charge in [-0.2, -0.15) is 0 Å². The van der Waals surface area contributed by atoms with Gasteiger partial charge < -0.3 is 14.7 Å². The average Bonchev–Trinajstić information content (AvgIpc) is 2.92. The molecule has 0 bridgehead atoms. The summed E-state index contributed by atoms with van der Waals surface area (Å²) in [6.07, 6.45) is 1.80. The molecule has 0 aliphatic carbocycles. The van der Waals surface area contributed by atoms with Gasteiger partial charge in [0, 0.05) is 37.3 Å². The van der Waals surface area contributed by atoms with Crippen molar-refractivity contribution in [1.82, 2.24) is 9.80 Å². The minimum atomic E-state index is -0.805. The van der Waals surface area contributed by atoms with Crippen LogP contribution in [0.4, 0.5) is 8.78 Å². The van der Waals surface area contributed by atoms with Crippen molar-refractivity contribution in [2.24, 2.45) is 0 Å². The maximum atomic E-state index is 15.5. The number of carbonyl (C=O) groups excluding carboxylic acids is 1. The Kier molecular flexibility index (Phi) is 5.47. The van der Waals surface area contributed by atoms with Crippen molar-refractivity contribution >= 4 is 5.91 Å². The summed E-state index contributed by atoms with van der Waals surface area (Å²) in [6.45, 7) is 7.44. The molecule has 2 heterocycles. The molecule has 1 N–H and O–H groups in total. The first-order valence-electron chi connectivity index (χ1n) is 10.0. The lowest BCUT2D eigenvalue weighted by molar-refractivity contribution is -0.129. The molecular weight excluding hydrogens is 390 g/mol. The van der Waals surface area contributed by atoms with Gasteiger partial charge >= 0.3 is 0 Å². The molecule has 158 valence electrons. The number of piperazine rings is 1. The normalized spacial score (nSPS) is 18.8. The fraction of sp³-hybridized carbons (Fsp3) is 0.348. The predicted molar refractivity (Wildman–Crippen MR) is 109 cm³/mol. The zero-order chi connectivity index (χ0) is 21.4. The van der Waals surface area contributed by atoms with Crippen LogP contribution in [0, 0.1) is 11.6 Å². The number of hydrogen-bond donors (Lipinski definition) is 1. The van der Waals surface area contributed by atoms with E-state index in [0.717, 1.165) is 0 Å². The van der Waals surface area contributed by atoms with Gasteiger partial charge in [-0.05, 0) is 30.2 Å². The number of fused-ring (bicyclic) bond motifs is 2. The Morgan fingerprint density at radius 1 is 1.33 bits per heavy atom. The number of ether oxygens (including phenoxy) is 1. The first kappa shape index (κ1) is 20.3. The third kappa shape index (κ3) is 3.43. The number of aromatic hydroxyl groups is 1. The Balaban J connectivity index is 1.72. The van der Waals surface area contributed by atoms with Crippen LogP contribution >= 0.6 is 0 Å². The van der Waals surface area contributed by atoms with Gasteiger partial charge in [0.25, 0.3) is 0 Å². The molecular formula is C23H24F2N2O3. The maximum absolute atomic E-state index is 15.5. The smallest absolute Gasteiger partial charge is 0.246 e. The fourth-order valence-electron chi connectivity index (χ4n) is 4.31. The molecule has 0 saturated carbocycles. The summed E-state index contributed by atoms with van der Waals surface area (Å²) in [5.41, 5.74) is 0.962. The van der Waals surface area contributed by atoms with Gasteiger partial charge in [-0.1, -0.05) is 25.6 Å². The molecule has 0 spiro atoms. The summed E-state index contributed by atoms with van der Waals surface area (Å²) in [5.74, 6) is -1.85. The van der Waals surface area contributed by atoms with E-state index in [1.807, 2.05) is 6.92 Å². The second-order valence-electron chi connectivity index (χ2n) is 7.62. The SMILES string of the molecule is C=CC(=O)N1CCN2Cc3cc(F)c(-c4c(O)cccc4CC)c(F)c3OC[C@H]2C1. The number of rotatable bonds is 3. The Morgan fingerprint density at radius 3 is 2.87 bits per heavy atom. The van der Waals surface area contributed by atoms with Crippen LogP contribution in [-0.4, -0.2) is 53.1 Å². The quantitative estimate of drug-likeness (QED) is 0.782. The molecule has 2 aromatic carbocycles. The standard InChI is InChI=1S/C23H24F2N2O3/c1-3-14-6-5-7-18(28)20(14)21-17(24)10-15-11-26-8-9-27(19(29)4-2)12-16(26)13-30-23(15)22(21)25/h4-7,10,16,28H,2-3,8-9,11-13H2,1H3/t16-/m1/s1. The summed E-state index contributed by atoms with van der Waals surface area (Å²) in [4.78, 5) is 15.7. The summed E-state index contributed by atoms with van der Waals surface area (Å²) in [5, 5.41) is 10.3. The third-order valence-electron chi connectivity index (χ3n) is 5.89. The lowest BCUT2D eigenvalue weighted by Crippen LogP contribution is -2.55. The van der Waals surface area contributed by atoms with Gasteiger partial charge in [-0.15, -0.1) is 0 Å². The largest absolute Gasteiger partial charge is 0.507 e. The highest BCUT2D eigenvalue weighted by Crippen LogP contribution is 2.42. The number of hydrogen-bond acceptors (Lipinski definition) is 4. The highest BCUT2D eigenvalue weighted by Gasteiger charge is 2.34. The van der Waals surface area contributed by atoms with Crippen molar-refractivity contribution in [3.8, 4) is 22.6 Å². The number of amides is 1. The lowest BCUT2D eigenvalue weighted by atomic mass is 9.94. The van der Waals surface area contributed by atoms with E-state index in [2.05, 4.69) is 11.5 Å². The highest BCUT2D eigenvalue weighted by molar-refractivity contribution is 5.87. The first-order valence-corrected chi connectivity index (χ1v) is 10.0. The van der Waals surface area contributed by atoms with Gasteiger partial charge in [-0.25, -0.2) is 8.78 Å². The van der Waals surface area contributed by atoms with Gasteiger partial charge in [-0.3, -0.25) is 9.69 Å². The van der Waals surface area contributed by atoms with E-state index in [4.69, 9.17) is 4.74 Å². The van der Waals surface area contributed by atoms with E-state index >= 15 is 8.78 Å². The van der Waals surface area contributed by atoms with E-state index in [1.165, 1.54) is 18.2 Å². The Hall–Kier alpha value is -2.93. The molecule has 2 aliphatic rings. The molecule has 1 atom stereocenters. The summed E-state index contributed by atoms with van der Waals surface area (Å²) in [7, 11) is 0. The molecule has 1 fully saturated rings. The predicted octanol–water partition coefficient (Wildman–Crippen LogP) is 3.49. The van der Waals surface area contributed by atoms with Gasteiger partial charge in [0.05, 0.1) is 11.6 Å². The van der Waals surface area contributed by atoms with Crippen LogP contribution in [0.25, 0.3) is 11.1 Å². The van der Waals surface area contributed by atoms with E-state index < -0.39 is 11.6 Å². The molecule has 30 heavy (non-hydrogen) atoms. The van der Waals surface area contributed by atoms with Gasteiger partial charge in [0.15, 0.2) is 11.6 Å². The van der Waals surface area contributed by atoms with Gasteiger partial charge in [0.1, 0.15) is 18.2 Å². The maximum Gasteiger partial charge on any atom is 0.246 e. The second kappa shape index (κ2) is 8.07. The average molecular weight is 414 g/mol. The number of halogens is 2. The van der Waals surface area contributed by atoms with Crippen molar-refractivity contribution in [2.45, 2.75) is 25.9 Å². The van der Waals surface area contributed by atoms with E-state index in [9.17, 15) is 9.90 Å². The molecule has 1 saturated heterocycles. The number of benzene rings is 2. The van der Waals surface area contributed by atoms with E-state index in [-0.39, 0.29) is 41.2 Å². The van der Waals surface area contributed by atoms with Crippen molar-refractivity contribution in [1.29, 1.82) is 0 Å². The minimum Gasteiger partial charge on any atom is -0.507 e. The molecule has 1 amide bonds. The number of phenolic OH excluding ortho intramolecular Hbond substituents is 1. The number of phenols is 1. The topological polar surface area (TPSA) is 53.0 Å². The van der Waals surface area contributed by atoms with Crippen LogP contribution < -0.4 is 4.74 Å². The molecule has 5 nitrogen and oxygen atoms in total. The number of carbonyl (C=O) groups is 1. The second-order valence-corrected chi connectivity index (χ2v) is 7.62. The van der Waals surface area contributed by atoms with Crippen LogP contribution in [0.5, 0.6) is 11.5 Å². The summed E-state index contributed by atoms with van der Waals surface area (Å²) in [6, 6.07) is 5.99. The highest BCUT2D eigenvalue weighted by atomic mass is 19.1. The third-order valence-corrected chi connectivity index (χ3v) is 5.89. The summed E-state index contributed by atoms with van der Waals surface area (Å²) < 4.78 is 36.5. The fourth-order valence-corrected chi connectivity index (χ4v) is 4.31. The molecule has 7 heteroatoms. The Bertz CT molecular complexity index is 1010. The van der Waals surface area contributed by atoms with Crippen LogP contribution in [0.2, 0.25) is 0 Å². The lowest BCUT2D eigenvalue weighted by Gasteiger charge is -2.39. The molecule has 0 radical (unpaired) electrons. The number of aryl methyl sites for hydroxylation is 1. The zero-order valence-electron chi connectivity index (χ0n) is 16.8. The first-order chi connectivity index (χ1) is 14.4. The summed E-state index contributed by atoms with van der Waals surface area (Å²) >= 11 is 0. The van der Waals surface area contributed by atoms with Crippen LogP contribution in [0.1, 0.15) is 18.1 Å². The Labute approximate surface area is 174 Å². The van der Waals surface area contributed by atoms with E-state index in [1.54, 1.807) is 17.0 Å². The Morgan fingerprint density at radius 2 is 2.13 bits per heavy atom. The van der Waals surface area contributed by atoms with Crippen molar-refractivity contribution in [3.63, 3.8) is 0 Å². The molecule has 2 aromatic rings. The number of nitrogens with zero attached hydrogens (tertiary/aromatic N) is 2. The van der Waals surface area contributed by atoms with Crippen LogP contribution in [0.15, 0.2) is 36.9 Å².